The third-order valence-electron chi connectivity index (χ3n) is 5.02. The number of halogens is 2. The second kappa shape index (κ2) is 10.1. The normalized spacial score (nSPS) is 11.0. The van der Waals surface area contributed by atoms with E-state index in [9.17, 15) is 9.90 Å². The van der Waals surface area contributed by atoms with E-state index in [0.29, 0.717) is 21.1 Å². The minimum absolute atomic E-state index is 0.0709. The molecule has 4 aromatic rings. The Balaban J connectivity index is 1.43. The first-order valence-electron chi connectivity index (χ1n) is 9.93. The number of phenolic OH excluding ortho intramolecular Hbond substituents is 1. The van der Waals surface area contributed by atoms with Gasteiger partial charge in [0.25, 0.3) is 0 Å². The molecule has 0 saturated heterocycles. The quantitative estimate of drug-likeness (QED) is 0.295. The molecule has 8 heteroatoms. The molecule has 0 aliphatic heterocycles. The molecular formula is C24H19Br2N3O3. The molecule has 0 bridgehead atoms. The maximum Gasteiger partial charge on any atom is 0.316 e. The van der Waals surface area contributed by atoms with Crippen molar-refractivity contribution in [2.45, 2.75) is 12.3 Å². The summed E-state index contributed by atoms with van der Waals surface area (Å²) in [6.45, 7) is 0.446. The Morgan fingerprint density at radius 1 is 0.969 bits per heavy atom. The lowest BCUT2D eigenvalue weighted by molar-refractivity contribution is 0.0909. The molecule has 0 aliphatic rings. The number of rotatable bonds is 7. The summed E-state index contributed by atoms with van der Waals surface area (Å²) >= 11 is 6.54. The molecule has 0 saturated carbocycles. The van der Waals surface area contributed by atoms with Gasteiger partial charge in [-0.3, -0.25) is 4.79 Å². The molecule has 1 amide bonds. The lowest BCUT2D eigenvalue weighted by atomic mass is 9.88. The van der Waals surface area contributed by atoms with Gasteiger partial charge in [0.05, 0.1) is 8.95 Å². The Labute approximate surface area is 201 Å². The average Bonchev–Trinajstić information content (AvgIpc) is 3.31. The molecule has 3 aromatic carbocycles. The van der Waals surface area contributed by atoms with Crippen molar-refractivity contribution < 1.29 is 14.4 Å². The average molecular weight is 557 g/mol. The van der Waals surface area contributed by atoms with Crippen molar-refractivity contribution in [3.63, 3.8) is 0 Å². The SMILES string of the molecule is O=C(NCCC(c1ccccc1)c1ccccc1)c1nc(-c2cc(Br)c(O)c(Br)c2)no1. The van der Waals surface area contributed by atoms with Crippen molar-refractivity contribution in [3.05, 3.63) is 98.8 Å². The molecule has 0 spiro atoms. The van der Waals surface area contributed by atoms with Crippen LogP contribution in [0.4, 0.5) is 0 Å². The Kier molecular flexibility index (Phi) is 7.02. The van der Waals surface area contributed by atoms with Crippen LogP contribution in [-0.4, -0.2) is 27.7 Å². The molecule has 0 fully saturated rings. The smallest absolute Gasteiger partial charge is 0.316 e. The maximum absolute atomic E-state index is 12.6. The van der Waals surface area contributed by atoms with Gasteiger partial charge >= 0.3 is 11.8 Å². The van der Waals surface area contributed by atoms with Crippen LogP contribution < -0.4 is 5.32 Å². The van der Waals surface area contributed by atoms with Crippen molar-refractivity contribution >= 4 is 37.8 Å². The second-order valence-corrected chi connectivity index (χ2v) is 8.84. The number of phenols is 1. The summed E-state index contributed by atoms with van der Waals surface area (Å²) in [6, 6.07) is 23.7. The first kappa shape index (κ1) is 22.2. The molecule has 32 heavy (non-hydrogen) atoms. The summed E-state index contributed by atoms with van der Waals surface area (Å²) < 4.78 is 6.11. The third kappa shape index (κ3) is 5.08. The monoisotopic (exact) mass is 555 g/mol. The highest BCUT2D eigenvalue weighted by atomic mass is 79.9. The van der Waals surface area contributed by atoms with Crippen LogP contribution in [-0.2, 0) is 0 Å². The van der Waals surface area contributed by atoms with E-state index in [2.05, 4.69) is 71.6 Å². The van der Waals surface area contributed by atoms with Gasteiger partial charge in [-0.2, -0.15) is 4.98 Å². The topological polar surface area (TPSA) is 88.2 Å². The van der Waals surface area contributed by atoms with E-state index in [1.165, 1.54) is 11.1 Å². The van der Waals surface area contributed by atoms with Gasteiger partial charge in [0.2, 0.25) is 5.82 Å². The van der Waals surface area contributed by atoms with Gasteiger partial charge in [-0.1, -0.05) is 65.8 Å². The van der Waals surface area contributed by atoms with Crippen LogP contribution in [0.1, 0.15) is 34.2 Å². The molecule has 0 atom stereocenters. The second-order valence-electron chi connectivity index (χ2n) is 7.13. The number of carbonyl (C=O) groups excluding carboxylic acids is 1. The molecule has 6 nitrogen and oxygen atoms in total. The highest BCUT2D eigenvalue weighted by molar-refractivity contribution is 9.11. The largest absolute Gasteiger partial charge is 0.506 e. The first-order valence-corrected chi connectivity index (χ1v) is 11.5. The van der Waals surface area contributed by atoms with Crippen LogP contribution in [0.2, 0.25) is 0 Å². The van der Waals surface area contributed by atoms with Crippen molar-refractivity contribution in [1.29, 1.82) is 0 Å². The zero-order valence-electron chi connectivity index (χ0n) is 16.8. The summed E-state index contributed by atoms with van der Waals surface area (Å²) in [5.74, 6) is -0.0657. The summed E-state index contributed by atoms with van der Waals surface area (Å²) in [5, 5.41) is 16.6. The number of aromatic hydroxyl groups is 1. The molecule has 0 radical (unpaired) electrons. The molecule has 162 valence electrons. The third-order valence-corrected chi connectivity index (χ3v) is 6.23. The van der Waals surface area contributed by atoms with E-state index < -0.39 is 5.91 Å². The van der Waals surface area contributed by atoms with Gasteiger partial charge in [0, 0.05) is 18.0 Å². The number of hydrogen-bond acceptors (Lipinski definition) is 5. The minimum atomic E-state index is -0.430. The first-order chi connectivity index (χ1) is 15.5. The van der Waals surface area contributed by atoms with Crippen molar-refractivity contribution in [2.75, 3.05) is 6.54 Å². The molecule has 0 aliphatic carbocycles. The van der Waals surface area contributed by atoms with Crippen LogP contribution in [0.15, 0.2) is 86.3 Å². The summed E-state index contributed by atoms with van der Waals surface area (Å²) in [5.41, 5.74) is 2.98. The maximum atomic E-state index is 12.6. The minimum Gasteiger partial charge on any atom is -0.506 e. The van der Waals surface area contributed by atoms with E-state index in [-0.39, 0.29) is 23.4 Å². The lowest BCUT2D eigenvalue weighted by Gasteiger charge is -2.18. The van der Waals surface area contributed by atoms with E-state index in [4.69, 9.17) is 4.52 Å². The Bertz CT molecular complexity index is 1150. The van der Waals surface area contributed by atoms with Gasteiger partial charge < -0.3 is 14.9 Å². The van der Waals surface area contributed by atoms with Crippen LogP contribution in [0.3, 0.4) is 0 Å². The Hall–Kier alpha value is -2.97. The fourth-order valence-electron chi connectivity index (χ4n) is 3.43. The molecule has 1 heterocycles. The number of aromatic nitrogens is 2. The van der Waals surface area contributed by atoms with E-state index in [1.807, 2.05) is 36.4 Å². The van der Waals surface area contributed by atoms with Crippen molar-refractivity contribution in [2.24, 2.45) is 0 Å². The number of amides is 1. The molecule has 1 aromatic heterocycles. The van der Waals surface area contributed by atoms with Crippen LogP contribution in [0, 0.1) is 0 Å². The van der Waals surface area contributed by atoms with Gasteiger partial charge in [0.1, 0.15) is 5.75 Å². The summed E-state index contributed by atoms with van der Waals surface area (Å²) in [7, 11) is 0. The van der Waals surface area contributed by atoms with Gasteiger partial charge in [-0.15, -0.1) is 0 Å². The van der Waals surface area contributed by atoms with E-state index in [1.54, 1.807) is 12.1 Å². The van der Waals surface area contributed by atoms with Gasteiger partial charge in [0.15, 0.2) is 0 Å². The molecular weight excluding hydrogens is 538 g/mol. The van der Waals surface area contributed by atoms with E-state index in [0.717, 1.165) is 6.42 Å². The molecule has 0 unspecified atom stereocenters. The standard InChI is InChI=1S/C24H19Br2N3O3/c25-19-13-17(14-20(26)21(19)30)22-28-24(32-29-22)23(31)27-12-11-18(15-7-3-1-4-8-15)16-9-5-2-6-10-16/h1-10,13-14,18,30H,11-12H2,(H,27,31). The Morgan fingerprint density at radius 2 is 1.53 bits per heavy atom. The highest BCUT2D eigenvalue weighted by Crippen LogP contribution is 2.36. The predicted octanol–water partition coefficient (Wildman–Crippen LogP) is 5.92. The molecule has 2 N–H and O–H groups in total. The molecule has 4 rings (SSSR count). The fourth-order valence-corrected chi connectivity index (χ4v) is 4.62. The number of nitrogens with one attached hydrogen (secondary N) is 1. The summed E-state index contributed by atoms with van der Waals surface area (Å²) in [4.78, 5) is 16.8. The zero-order valence-corrected chi connectivity index (χ0v) is 20.0. The Morgan fingerprint density at radius 3 is 2.09 bits per heavy atom. The van der Waals surface area contributed by atoms with Crippen LogP contribution >= 0.6 is 31.9 Å². The zero-order chi connectivity index (χ0) is 22.5. The van der Waals surface area contributed by atoms with Crippen LogP contribution in [0.5, 0.6) is 5.75 Å². The fraction of sp³-hybridized carbons (Fsp3) is 0.125. The number of nitrogens with zero attached hydrogens (tertiary/aromatic N) is 2. The van der Waals surface area contributed by atoms with Crippen molar-refractivity contribution in [1.82, 2.24) is 15.5 Å². The van der Waals surface area contributed by atoms with Gasteiger partial charge in [-0.05, 0) is 61.5 Å². The van der Waals surface area contributed by atoms with Gasteiger partial charge in [-0.25, -0.2) is 0 Å². The summed E-state index contributed by atoms with van der Waals surface area (Å²) in [6.07, 6.45) is 0.721. The van der Waals surface area contributed by atoms with E-state index >= 15 is 0 Å². The van der Waals surface area contributed by atoms with Crippen molar-refractivity contribution in [3.8, 4) is 17.1 Å². The van der Waals surface area contributed by atoms with Crippen LogP contribution in [0.25, 0.3) is 11.4 Å². The number of benzene rings is 3. The lowest BCUT2D eigenvalue weighted by Crippen LogP contribution is -2.26. The number of carbonyl (C=O) groups is 1. The predicted molar refractivity (Wildman–Crippen MR) is 128 cm³/mol. The number of hydrogen-bond donors (Lipinski definition) is 2. The highest BCUT2D eigenvalue weighted by Gasteiger charge is 2.19.